The number of hydrogen-bond acceptors (Lipinski definition) is 7. The van der Waals surface area contributed by atoms with Crippen molar-refractivity contribution in [3.05, 3.63) is 77.6 Å². The number of ether oxygens (including phenoxy) is 3. The lowest BCUT2D eigenvalue weighted by atomic mass is 10.0. The number of benzene rings is 3. The predicted octanol–water partition coefficient (Wildman–Crippen LogP) is 5.26. The molecule has 0 saturated carbocycles. The van der Waals surface area contributed by atoms with E-state index in [9.17, 15) is 17.6 Å². The van der Waals surface area contributed by atoms with Crippen molar-refractivity contribution < 1.29 is 36.2 Å². The van der Waals surface area contributed by atoms with Crippen LogP contribution in [0.3, 0.4) is 0 Å². The van der Waals surface area contributed by atoms with E-state index in [1.165, 1.54) is 42.7 Å². The first kappa shape index (κ1) is 27.6. The number of methoxy groups -OCH3 is 1. The molecule has 2 heterocycles. The van der Waals surface area contributed by atoms with Gasteiger partial charge in [0.1, 0.15) is 34.8 Å². The highest BCUT2D eigenvalue weighted by atomic mass is 32.2. The van der Waals surface area contributed by atoms with Crippen LogP contribution in [-0.4, -0.2) is 54.0 Å². The summed E-state index contributed by atoms with van der Waals surface area (Å²) >= 11 is 0. The van der Waals surface area contributed by atoms with Crippen LogP contribution in [0.25, 0.3) is 22.3 Å². The van der Waals surface area contributed by atoms with Crippen molar-refractivity contribution in [2.45, 2.75) is 19.1 Å². The fourth-order valence-electron chi connectivity index (χ4n) is 4.84. The lowest BCUT2D eigenvalue weighted by Crippen LogP contribution is -2.38. The summed E-state index contributed by atoms with van der Waals surface area (Å²) in [6.45, 7) is 2.12. The topological polar surface area (TPSA) is 107 Å². The van der Waals surface area contributed by atoms with Crippen LogP contribution in [0, 0.1) is 5.82 Å². The summed E-state index contributed by atoms with van der Waals surface area (Å²) in [5.74, 6) is 0.589. The number of carbonyl (C=O) groups excluding carboxylic acids is 1. The van der Waals surface area contributed by atoms with Crippen molar-refractivity contribution in [1.29, 1.82) is 0 Å². The monoisotopic (exact) mass is 568 g/mol. The van der Waals surface area contributed by atoms with Crippen molar-refractivity contribution >= 4 is 32.6 Å². The fraction of sp³-hybridized carbons (Fsp3) is 0.276. The molecule has 0 radical (unpaired) electrons. The first-order chi connectivity index (χ1) is 19.1. The van der Waals surface area contributed by atoms with Crippen LogP contribution in [0.1, 0.15) is 28.9 Å². The minimum absolute atomic E-state index is 0.0703. The molecule has 0 spiro atoms. The second-order valence-corrected chi connectivity index (χ2v) is 11.4. The zero-order valence-corrected chi connectivity index (χ0v) is 23.3. The van der Waals surface area contributed by atoms with E-state index < -0.39 is 22.2 Å². The molecule has 210 valence electrons. The minimum Gasteiger partial charge on any atom is -0.457 e. The smallest absolute Gasteiger partial charge is 0.255 e. The molecule has 1 aromatic heterocycles. The van der Waals surface area contributed by atoms with Crippen molar-refractivity contribution in [3.63, 3.8) is 0 Å². The van der Waals surface area contributed by atoms with E-state index in [2.05, 4.69) is 5.32 Å². The highest BCUT2D eigenvalue weighted by Crippen LogP contribution is 2.42. The lowest BCUT2D eigenvalue weighted by Gasteiger charge is -2.24. The standard InChI is InChI=1S/C29H29FN2O7S/c1-17-23-13-24-26(14-25(23)32(40(4,34)35)15-22(37-17)16-36-3)39-28(27(24)29(33)31-2)18-5-9-20(10-6-18)38-21-11-7-19(30)8-12-21/h5-14,17,22H,15-16H2,1-4H3,(H,31,33). The van der Waals surface area contributed by atoms with Gasteiger partial charge in [0.05, 0.1) is 36.8 Å². The van der Waals surface area contributed by atoms with E-state index in [0.29, 0.717) is 50.6 Å². The fourth-order valence-corrected chi connectivity index (χ4v) is 5.79. The van der Waals surface area contributed by atoms with E-state index in [-0.39, 0.29) is 24.9 Å². The van der Waals surface area contributed by atoms with Gasteiger partial charge in [0.15, 0.2) is 0 Å². The molecule has 5 rings (SSSR count). The maximum absolute atomic E-state index is 13.2. The Morgan fingerprint density at radius 3 is 2.35 bits per heavy atom. The summed E-state index contributed by atoms with van der Waals surface area (Å²) in [6, 6.07) is 16.0. The number of amides is 1. The molecular weight excluding hydrogens is 539 g/mol. The van der Waals surface area contributed by atoms with Crippen LogP contribution in [0.5, 0.6) is 11.5 Å². The Kier molecular flexibility index (Phi) is 7.54. The number of sulfonamides is 1. The molecule has 40 heavy (non-hydrogen) atoms. The molecule has 0 bridgehead atoms. The average molecular weight is 569 g/mol. The number of fused-ring (bicyclic) bond motifs is 2. The third-order valence-corrected chi connectivity index (χ3v) is 7.83. The van der Waals surface area contributed by atoms with Crippen molar-refractivity contribution in [3.8, 4) is 22.8 Å². The molecule has 1 aliphatic heterocycles. The number of anilines is 1. The summed E-state index contributed by atoms with van der Waals surface area (Å²) in [4.78, 5) is 13.1. The molecule has 0 aliphatic carbocycles. The van der Waals surface area contributed by atoms with E-state index in [4.69, 9.17) is 18.6 Å². The quantitative estimate of drug-likeness (QED) is 0.324. The maximum Gasteiger partial charge on any atom is 0.255 e. The molecule has 2 unspecified atom stereocenters. The Hall–Kier alpha value is -3.93. The molecule has 9 nitrogen and oxygen atoms in total. The molecule has 3 aromatic carbocycles. The Morgan fingerprint density at radius 2 is 1.75 bits per heavy atom. The van der Waals surface area contributed by atoms with Crippen molar-refractivity contribution in [2.24, 2.45) is 0 Å². The summed E-state index contributed by atoms with van der Waals surface area (Å²) in [5, 5.41) is 3.19. The van der Waals surface area contributed by atoms with E-state index >= 15 is 0 Å². The number of hydrogen-bond donors (Lipinski definition) is 1. The van der Waals surface area contributed by atoms with Gasteiger partial charge in [-0.2, -0.15) is 0 Å². The van der Waals surface area contributed by atoms with Gasteiger partial charge in [-0.3, -0.25) is 9.10 Å². The summed E-state index contributed by atoms with van der Waals surface area (Å²) in [7, 11) is -0.615. The molecule has 2 atom stereocenters. The zero-order chi connectivity index (χ0) is 28.6. The molecule has 0 fully saturated rings. The van der Waals surface area contributed by atoms with Gasteiger partial charge in [0.2, 0.25) is 10.0 Å². The van der Waals surface area contributed by atoms with Crippen LogP contribution < -0.4 is 14.4 Å². The van der Waals surface area contributed by atoms with E-state index in [1.807, 2.05) is 6.92 Å². The van der Waals surface area contributed by atoms with Crippen LogP contribution in [0.2, 0.25) is 0 Å². The van der Waals surface area contributed by atoms with E-state index in [0.717, 1.165) is 6.26 Å². The second kappa shape index (κ2) is 10.9. The Bertz CT molecular complexity index is 1650. The van der Waals surface area contributed by atoms with Gasteiger partial charge in [-0.1, -0.05) is 0 Å². The van der Waals surface area contributed by atoms with Crippen LogP contribution in [-0.2, 0) is 19.5 Å². The lowest BCUT2D eigenvalue weighted by molar-refractivity contribution is -0.0331. The maximum atomic E-state index is 13.2. The Morgan fingerprint density at radius 1 is 1.10 bits per heavy atom. The summed E-state index contributed by atoms with van der Waals surface area (Å²) < 4.78 is 63.5. The van der Waals surface area contributed by atoms with Gasteiger partial charge in [0.25, 0.3) is 5.91 Å². The van der Waals surface area contributed by atoms with Gasteiger partial charge >= 0.3 is 0 Å². The Balaban J connectivity index is 1.60. The highest BCUT2D eigenvalue weighted by Gasteiger charge is 2.33. The van der Waals surface area contributed by atoms with Gasteiger partial charge in [0, 0.05) is 36.7 Å². The number of nitrogens with one attached hydrogen (secondary N) is 1. The molecular formula is C29H29FN2O7S. The molecule has 1 N–H and O–H groups in total. The van der Waals surface area contributed by atoms with Crippen LogP contribution in [0.15, 0.2) is 65.1 Å². The largest absolute Gasteiger partial charge is 0.457 e. The molecule has 0 saturated heterocycles. The van der Waals surface area contributed by atoms with Crippen LogP contribution >= 0.6 is 0 Å². The third kappa shape index (κ3) is 5.40. The van der Waals surface area contributed by atoms with Crippen molar-refractivity contribution in [1.82, 2.24) is 5.32 Å². The number of nitrogens with zero attached hydrogens (tertiary/aromatic N) is 1. The Labute approximate surface area is 231 Å². The van der Waals surface area contributed by atoms with Crippen LogP contribution in [0.4, 0.5) is 10.1 Å². The normalized spacial score (nSPS) is 17.4. The molecule has 11 heteroatoms. The molecule has 1 aliphatic rings. The van der Waals surface area contributed by atoms with E-state index in [1.54, 1.807) is 36.4 Å². The summed E-state index contributed by atoms with van der Waals surface area (Å²) in [5.41, 5.74) is 2.30. The number of halogens is 1. The molecule has 4 aromatic rings. The number of furan rings is 1. The molecule has 1 amide bonds. The zero-order valence-electron chi connectivity index (χ0n) is 22.4. The predicted molar refractivity (Wildman–Crippen MR) is 149 cm³/mol. The van der Waals surface area contributed by atoms with Gasteiger partial charge in [-0.25, -0.2) is 12.8 Å². The van der Waals surface area contributed by atoms with Gasteiger partial charge in [-0.15, -0.1) is 0 Å². The average Bonchev–Trinajstić information content (AvgIpc) is 3.23. The number of carbonyl (C=O) groups is 1. The second-order valence-electron chi connectivity index (χ2n) is 9.52. The third-order valence-electron chi connectivity index (χ3n) is 6.68. The highest BCUT2D eigenvalue weighted by molar-refractivity contribution is 7.92. The minimum atomic E-state index is -3.67. The SMILES string of the molecule is CNC(=O)c1c(-c2ccc(Oc3ccc(F)cc3)cc2)oc2cc3c(cc12)C(C)OC(COC)CN3S(C)(=O)=O. The first-order valence-electron chi connectivity index (χ1n) is 12.6. The summed E-state index contributed by atoms with van der Waals surface area (Å²) in [6.07, 6.45) is 0.169. The number of rotatable bonds is 7. The first-order valence-corrected chi connectivity index (χ1v) is 14.4. The van der Waals surface area contributed by atoms with Gasteiger partial charge < -0.3 is 23.9 Å². The van der Waals surface area contributed by atoms with Crippen molar-refractivity contribution in [2.75, 3.05) is 37.9 Å². The van der Waals surface area contributed by atoms with Gasteiger partial charge in [-0.05, 0) is 61.5 Å².